The van der Waals surface area contributed by atoms with Gasteiger partial charge < -0.3 is 14.0 Å². The van der Waals surface area contributed by atoms with Gasteiger partial charge in [-0.25, -0.2) is 0 Å². The average molecular weight is 357 g/mol. The van der Waals surface area contributed by atoms with Crippen molar-refractivity contribution >= 4 is 5.97 Å². The van der Waals surface area contributed by atoms with Crippen LogP contribution in [-0.4, -0.2) is 47.3 Å². The SMILES string of the molecule is CCOc1ccc(-c2noc(CN3CCC4(CCOC4=O)CC3)n2)cc1. The third kappa shape index (κ3) is 3.31. The summed E-state index contributed by atoms with van der Waals surface area (Å²) >= 11 is 0. The van der Waals surface area contributed by atoms with Gasteiger partial charge in [-0.2, -0.15) is 4.98 Å². The van der Waals surface area contributed by atoms with Crippen molar-refractivity contribution in [1.82, 2.24) is 15.0 Å². The normalized spacial score (nSPS) is 19.7. The largest absolute Gasteiger partial charge is 0.494 e. The Hall–Kier alpha value is -2.41. The predicted molar refractivity (Wildman–Crippen MR) is 93.4 cm³/mol. The van der Waals surface area contributed by atoms with E-state index in [4.69, 9.17) is 14.0 Å². The zero-order valence-corrected chi connectivity index (χ0v) is 14.9. The van der Waals surface area contributed by atoms with Gasteiger partial charge in [-0.1, -0.05) is 5.16 Å². The monoisotopic (exact) mass is 357 g/mol. The topological polar surface area (TPSA) is 77.7 Å². The van der Waals surface area contributed by atoms with Crippen LogP contribution in [0, 0.1) is 5.41 Å². The number of rotatable bonds is 5. The molecule has 0 bridgehead atoms. The minimum Gasteiger partial charge on any atom is -0.494 e. The Morgan fingerprint density at radius 3 is 2.62 bits per heavy atom. The lowest BCUT2D eigenvalue weighted by Gasteiger charge is -2.35. The van der Waals surface area contributed by atoms with Crippen LogP contribution in [0.3, 0.4) is 0 Å². The van der Waals surface area contributed by atoms with Gasteiger partial charge in [-0.05, 0) is 63.5 Å². The lowest BCUT2D eigenvalue weighted by atomic mass is 9.77. The van der Waals surface area contributed by atoms with Gasteiger partial charge in [0.2, 0.25) is 11.7 Å². The fourth-order valence-electron chi connectivity index (χ4n) is 3.68. The van der Waals surface area contributed by atoms with Crippen molar-refractivity contribution in [3.63, 3.8) is 0 Å². The molecule has 0 saturated carbocycles. The Morgan fingerprint density at radius 1 is 1.19 bits per heavy atom. The minimum atomic E-state index is -0.251. The lowest BCUT2D eigenvalue weighted by molar-refractivity contribution is -0.148. The number of likely N-dealkylation sites (tertiary alicyclic amines) is 1. The van der Waals surface area contributed by atoms with Crippen LogP contribution in [0.4, 0.5) is 0 Å². The molecule has 2 saturated heterocycles. The van der Waals surface area contributed by atoms with E-state index in [9.17, 15) is 4.79 Å². The van der Waals surface area contributed by atoms with Crippen molar-refractivity contribution < 1.29 is 18.8 Å². The maximum Gasteiger partial charge on any atom is 0.312 e. The number of esters is 1. The second-order valence-electron chi connectivity index (χ2n) is 6.91. The fraction of sp³-hybridized carbons (Fsp3) is 0.526. The molecule has 4 rings (SSSR count). The number of nitrogens with zero attached hydrogens (tertiary/aromatic N) is 3. The first kappa shape index (κ1) is 17.0. The molecule has 0 atom stereocenters. The molecule has 2 aromatic rings. The van der Waals surface area contributed by atoms with Crippen molar-refractivity contribution in [3.05, 3.63) is 30.2 Å². The van der Waals surface area contributed by atoms with E-state index in [0.29, 0.717) is 31.5 Å². The number of ether oxygens (including phenoxy) is 2. The quantitative estimate of drug-likeness (QED) is 0.761. The number of aromatic nitrogens is 2. The molecule has 7 heteroatoms. The van der Waals surface area contributed by atoms with E-state index >= 15 is 0 Å². The van der Waals surface area contributed by atoms with Crippen LogP contribution in [0.2, 0.25) is 0 Å². The number of carbonyl (C=O) groups is 1. The highest BCUT2D eigenvalue weighted by atomic mass is 16.5. The van der Waals surface area contributed by atoms with Gasteiger partial charge in [0, 0.05) is 5.56 Å². The van der Waals surface area contributed by atoms with E-state index in [-0.39, 0.29) is 11.4 Å². The Balaban J connectivity index is 1.36. The number of cyclic esters (lactones) is 1. The highest BCUT2D eigenvalue weighted by Gasteiger charge is 2.46. The van der Waals surface area contributed by atoms with Crippen LogP contribution < -0.4 is 4.74 Å². The van der Waals surface area contributed by atoms with Gasteiger partial charge in [0.25, 0.3) is 0 Å². The van der Waals surface area contributed by atoms with Gasteiger partial charge in [0.1, 0.15) is 5.75 Å². The van der Waals surface area contributed by atoms with Gasteiger partial charge in [0.05, 0.1) is 25.2 Å². The molecule has 3 heterocycles. The standard InChI is InChI=1S/C19H23N3O4/c1-2-24-15-5-3-14(4-6-15)17-20-16(26-21-17)13-22-10-7-19(8-11-22)9-12-25-18(19)23/h3-6H,2,7-13H2,1H3. The molecule has 7 nitrogen and oxygen atoms in total. The van der Waals surface area contributed by atoms with Crippen molar-refractivity contribution in [2.75, 3.05) is 26.3 Å². The first-order valence-electron chi connectivity index (χ1n) is 9.14. The maximum atomic E-state index is 12.0. The van der Waals surface area contributed by atoms with E-state index in [0.717, 1.165) is 43.7 Å². The van der Waals surface area contributed by atoms with Gasteiger partial charge in [-0.15, -0.1) is 0 Å². The molecule has 0 unspecified atom stereocenters. The van der Waals surface area contributed by atoms with Crippen LogP contribution in [0.5, 0.6) is 5.75 Å². The fourth-order valence-corrected chi connectivity index (χ4v) is 3.68. The molecule has 0 radical (unpaired) electrons. The summed E-state index contributed by atoms with van der Waals surface area (Å²) in [5, 5.41) is 4.08. The Bertz CT molecular complexity index is 763. The van der Waals surface area contributed by atoms with Crippen molar-refractivity contribution in [3.8, 4) is 17.1 Å². The van der Waals surface area contributed by atoms with Crippen LogP contribution in [0.1, 0.15) is 32.1 Å². The number of hydrogen-bond acceptors (Lipinski definition) is 7. The first-order valence-corrected chi connectivity index (χ1v) is 9.14. The van der Waals surface area contributed by atoms with E-state index in [1.807, 2.05) is 31.2 Å². The zero-order chi connectivity index (χ0) is 18.0. The van der Waals surface area contributed by atoms with Gasteiger partial charge >= 0.3 is 5.97 Å². The van der Waals surface area contributed by atoms with Crippen molar-refractivity contribution in [1.29, 1.82) is 0 Å². The summed E-state index contributed by atoms with van der Waals surface area (Å²) in [5.41, 5.74) is 0.647. The highest BCUT2D eigenvalue weighted by Crippen LogP contribution is 2.40. The minimum absolute atomic E-state index is 0.0206. The Labute approximate surface area is 152 Å². The molecule has 1 aromatic carbocycles. The van der Waals surface area contributed by atoms with Crippen LogP contribution in [-0.2, 0) is 16.1 Å². The molecule has 2 fully saturated rings. The first-order chi connectivity index (χ1) is 12.7. The molecular weight excluding hydrogens is 334 g/mol. The van der Waals surface area contributed by atoms with Gasteiger partial charge in [-0.3, -0.25) is 9.69 Å². The zero-order valence-electron chi connectivity index (χ0n) is 14.9. The third-order valence-electron chi connectivity index (χ3n) is 5.31. The lowest BCUT2D eigenvalue weighted by Crippen LogP contribution is -2.42. The molecule has 2 aliphatic rings. The van der Waals surface area contributed by atoms with E-state index in [2.05, 4.69) is 15.0 Å². The molecule has 1 aromatic heterocycles. The van der Waals surface area contributed by atoms with Crippen LogP contribution >= 0.6 is 0 Å². The molecule has 0 aliphatic carbocycles. The Morgan fingerprint density at radius 2 is 1.96 bits per heavy atom. The molecule has 0 N–H and O–H groups in total. The second-order valence-corrected chi connectivity index (χ2v) is 6.91. The number of benzene rings is 1. The second kappa shape index (κ2) is 7.07. The number of piperidine rings is 1. The third-order valence-corrected chi connectivity index (χ3v) is 5.31. The maximum absolute atomic E-state index is 12.0. The summed E-state index contributed by atoms with van der Waals surface area (Å²) in [6.45, 7) is 5.45. The van der Waals surface area contributed by atoms with E-state index < -0.39 is 0 Å². The molecule has 26 heavy (non-hydrogen) atoms. The number of carbonyl (C=O) groups excluding carboxylic acids is 1. The van der Waals surface area contributed by atoms with E-state index in [1.165, 1.54) is 0 Å². The summed E-state index contributed by atoms with van der Waals surface area (Å²) in [6.07, 6.45) is 2.53. The average Bonchev–Trinajstić information content (AvgIpc) is 3.26. The molecular formula is C19H23N3O4. The predicted octanol–water partition coefficient (Wildman–Crippen LogP) is 2.66. The van der Waals surface area contributed by atoms with Crippen molar-refractivity contribution in [2.24, 2.45) is 5.41 Å². The molecule has 1 spiro atoms. The Kier molecular flexibility index (Phi) is 4.63. The van der Waals surface area contributed by atoms with E-state index in [1.54, 1.807) is 0 Å². The summed E-state index contributed by atoms with van der Waals surface area (Å²) in [7, 11) is 0. The summed E-state index contributed by atoms with van der Waals surface area (Å²) in [5.74, 6) is 1.98. The number of hydrogen-bond donors (Lipinski definition) is 0. The smallest absolute Gasteiger partial charge is 0.312 e. The molecule has 0 amide bonds. The molecule has 138 valence electrons. The highest BCUT2D eigenvalue weighted by molar-refractivity contribution is 5.78. The summed E-state index contributed by atoms with van der Waals surface area (Å²) in [4.78, 5) is 18.7. The summed E-state index contributed by atoms with van der Waals surface area (Å²) < 4.78 is 16.0. The van der Waals surface area contributed by atoms with Crippen LogP contribution in [0.25, 0.3) is 11.4 Å². The van der Waals surface area contributed by atoms with Crippen molar-refractivity contribution in [2.45, 2.75) is 32.7 Å². The van der Waals surface area contributed by atoms with Crippen LogP contribution in [0.15, 0.2) is 28.8 Å². The summed E-state index contributed by atoms with van der Waals surface area (Å²) in [6, 6.07) is 7.66. The molecule has 2 aliphatic heterocycles. The van der Waals surface area contributed by atoms with Gasteiger partial charge in [0.15, 0.2) is 0 Å².